The van der Waals surface area contributed by atoms with Crippen molar-refractivity contribution in [3.05, 3.63) is 56.7 Å². The quantitative estimate of drug-likeness (QED) is 0.580. The van der Waals surface area contributed by atoms with Crippen LogP contribution in [0.3, 0.4) is 0 Å². The first kappa shape index (κ1) is 15.0. The zero-order chi connectivity index (χ0) is 14.8. The van der Waals surface area contributed by atoms with Crippen molar-refractivity contribution in [3.8, 4) is 5.75 Å². The van der Waals surface area contributed by atoms with Crippen molar-refractivity contribution in [2.75, 3.05) is 0 Å². The molecule has 4 nitrogen and oxygen atoms in total. The van der Waals surface area contributed by atoms with E-state index in [0.717, 1.165) is 38.8 Å². The minimum atomic E-state index is -0.199. The van der Waals surface area contributed by atoms with Gasteiger partial charge in [-0.3, -0.25) is 10.8 Å². The monoisotopic (exact) mass is 411 g/mol. The summed E-state index contributed by atoms with van der Waals surface area (Å²) < 4.78 is 7.65. The van der Waals surface area contributed by atoms with E-state index in [1.54, 1.807) is 6.20 Å². The zero-order valence-electron chi connectivity index (χ0n) is 11.2. The average molecular weight is 413 g/mol. The Morgan fingerprint density at radius 2 is 2.10 bits per heavy atom. The number of pyridine rings is 1. The third-order valence-electron chi connectivity index (χ3n) is 3.29. The second-order valence-corrected chi connectivity index (χ2v) is 6.78. The molecular formula is C15H15Br2N3O. The van der Waals surface area contributed by atoms with Crippen LogP contribution >= 0.6 is 31.9 Å². The summed E-state index contributed by atoms with van der Waals surface area (Å²) in [5.41, 5.74) is 4.68. The van der Waals surface area contributed by atoms with Crippen molar-refractivity contribution in [2.45, 2.75) is 25.0 Å². The summed E-state index contributed by atoms with van der Waals surface area (Å²) >= 11 is 6.94. The van der Waals surface area contributed by atoms with Gasteiger partial charge in [-0.15, -0.1) is 0 Å². The molecule has 3 rings (SSSR count). The second-order valence-electron chi connectivity index (χ2n) is 5.01. The van der Waals surface area contributed by atoms with Gasteiger partial charge in [0, 0.05) is 15.1 Å². The van der Waals surface area contributed by atoms with Crippen LogP contribution in [0.1, 0.15) is 30.1 Å². The number of hydrazine groups is 1. The summed E-state index contributed by atoms with van der Waals surface area (Å²) in [6.45, 7) is 0. The third kappa shape index (κ3) is 3.63. The van der Waals surface area contributed by atoms with Crippen LogP contribution < -0.4 is 16.0 Å². The Morgan fingerprint density at radius 3 is 2.76 bits per heavy atom. The van der Waals surface area contributed by atoms with Crippen LogP contribution in [0.2, 0.25) is 0 Å². The van der Waals surface area contributed by atoms with Crippen LogP contribution in [0.25, 0.3) is 0 Å². The molecule has 21 heavy (non-hydrogen) atoms. The molecule has 3 N–H and O–H groups in total. The van der Waals surface area contributed by atoms with Crippen LogP contribution in [0.4, 0.5) is 0 Å². The lowest BCUT2D eigenvalue weighted by Gasteiger charge is -2.18. The minimum Gasteiger partial charge on any atom is -0.490 e. The molecule has 0 spiro atoms. The van der Waals surface area contributed by atoms with Gasteiger partial charge in [-0.25, -0.2) is 5.43 Å². The molecule has 1 aromatic carbocycles. The van der Waals surface area contributed by atoms with Gasteiger partial charge < -0.3 is 4.74 Å². The summed E-state index contributed by atoms with van der Waals surface area (Å²) in [7, 11) is 0. The molecule has 110 valence electrons. The highest BCUT2D eigenvalue weighted by atomic mass is 79.9. The number of hydrogen-bond acceptors (Lipinski definition) is 4. The average Bonchev–Trinajstić information content (AvgIpc) is 3.26. The third-order valence-corrected chi connectivity index (χ3v) is 4.36. The van der Waals surface area contributed by atoms with Gasteiger partial charge in [0.05, 0.1) is 17.8 Å². The van der Waals surface area contributed by atoms with Crippen molar-refractivity contribution >= 4 is 31.9 Å². The summed E-state index contributed by atoms with van der Waals surface area (Å²) in [6.07, 6.45) is 4.42. The van der Waals surface area contributed by atoms with Crippen molar-refractivity contribution in [1.82, 2.24) is 10.4 Å². The van der Waals surface area contributed by atoms with E-state index < -0.39 is 0 Å². The van der Waals surface area contributed by atoms with E-state index in [9.17, 15) is 0 Å². The van der Waals surface area contributed by atoms with E-state index in [4.69, 9.17) is 10.6 Å². The Balaban J connectivity index is 1.91. The van der Waals surface area contributed by atoms with E-state index in [2.05, 4.69) is 42.3 Å². The Morgan fingerprint density at radius 1 is 1.29 bits per heavy atom. The van der Waals surface area contributed by atoms with Crippen LogP contribution in [0.15, 0.2) is 45.5 Å². The number of nitrogens with one attached hydrogen (secondary N) is 1. The molecule has 0 saturated heterocycles. The smallest absolute Gasteiger partial charge is 0.120 e. The van der Waals surface area contributed by atoms with Crippen molar-refractivity contribution in [3.63, 3.8) is 0 Å². The van der Waals surface area contributed by atoms with Gasteiger partial charge in [0.2, 0.25) is 0 Å². The molecule has 2 aromatic rings. The molecule has 0 bridgehead atoms. The summed E-state index contributed by atoms with van der Waals surface area (Å²) in [4.78, 5) is 4.45. The summed E-state index contributed by atoms with van der Waals surface area (Å²) in [6, 6.07) is 9.73. The largest absolute Gasteiger partial charge is 0.490 e. The molecule has 0 radical (unpaired) electrons. The van der Waals surface area contributed by atoms with Crippen molar-refractivity contribution in [1.29, 1.82) is 0 Å². The molecule has 1 aliphatic carbocycles. The van der Waals surface area contributed by atoms with Gasteiger partial charge >= 0.3 is 0 Å². The lowest BCUT2D eigenvalue weighted by molar-refractivity contribution is 0.302. The van der Waals surface area contributed by atoms with E-state index >= 15 is 0 Å². The lowest BCUT2D eigenvalue weighted by Crippen LogP contribution is -2.29. The predicted molar refractivity (Wildman–Crippen MR) is 88.9 cm³/mol. The highest BCUT2D eigenvalue weighted by Crippen LogP contribution is 2.32. The second kappa shape index (κ2) is 6.44. The van der Waals surface area contributed by atoms with Crippen LogP contribution in [-0.2, 0) is 0 Å². The van der Waals surface area contributed by atoms with Gasteiger partial charge in [-0.2, -0.15) is 0 Å². The van der Waals surface area contributed by atoms with E-state index in [1.165, 1.54) is 0 Å². The Kier molecular flexibility index (Phi) is 4.59. The maximum Gasteiger partial charge on any atom is 0.120 e. The lowest BCUT2D eigenvalue weighted by atomic mass is 10.0. The standard InChI is InChI=1S/C15H15Br2N3O/c16-10-7-13(17)15(19-8-10)14(20-18)9-2-1-3-12(6-9)21-11-4-5-11/h1-3,6-8,11,14,20H,4-5,18H2. The van der Waals surface area contributed by atoms with E-state index in [-0.39, 0.29) is 6.04 Å². The van der Waals surface area contributed by atoms with Gasteiger partial charge in [-0.05, 0) is 68.5 Å². The number of nitrogens with two attached hydrogens (primary N) is 1. The number of benzene rings is 1. The van der Waals surface area contributed by atoms with E-state index in [0.29, 0.717) is 6.10 Å². The minimum absolute atomic E-state index is 0.199. The molecule has 1 unspecified atom stereocenters. The highest BCUT2D eigenvalue weighted by Gasteiger charge is 2.24. The van der Waals surface area contributed by atoms with Crippen molar-refractivity contribution in [2.24, 2.45) is 5.84 Å². The molecule has 1 heterocycles. The molecule has 1 aromatic heterocycles. The van der Waals surface area contributed by atoms with Gasteiger partial charge in [0.1, 0.15) is 5.75 Å². The van der Waals surface area contributed by atoms with Crippen LogP contribution in [-0.4, -0.2) is 11.1 Å². The fourth-order valence-electron chi connectivity index (χ4n) is 2.12. The SMILES string of the molecule is NNC(c1cccc(OC2CC2)c1)c1ncc(Br)cc1Br. The number of halogens is 2. The molecule has 6 heteroatoms. The first-order chi connectivity index (χ1) is 10.2. The first-order valence-electron chi connectivity index (χ1n) is 6.71. The molecule has 0 aliphatic heterocycles. The van der Waals surface area contributed by atoms with E-state index in [1.807, 2.05) is 30.3 Å². The maximum absolute atomic E-state index is 5.84. The maximum atomic E-state index is 5.84. The fraction of sp³-hybridized carbons (Fsp3) is 0.267. The molecule has 1 atom stereocenters. The molecule has 1 fully saturated rings. The predicted octanol–water partition coefficient (Wildman–Crippen LogP) is 3.70. The number of aromatic nitrogens is 1. The first-order valence-corrected chi connectivity index (χ1v) is 8.29. The number of rotatable bonds is 5. The number of hydrogen-bond donors (Lipinski definition) is 2. The molecule has 0 amide bonds. The number of nitrogens with zero attached hydrogens (tertiary/aromatic N) is 1. The molecule has 1 saturated carbocycles. The highest BCUT2D eigenvalue weighted by molar-refractivity contribution is 9.11. The Labute approximate surface area is 140 Å². The fourth-order valence-corrected chi connectivity index (χ4v) is 3.33. The topological polar surface area (TPSA) is 60.2 Å². The molecule has 1 aliphatic rings. The summed E-state index contributed by atoms with van der Waals surface area (Å²) in [5.74, 6) is 6.62. The van der Waals surface area contributed by atoms with Crippen LogP contribution in [0, 0.1) is 0 Å². The van der Waals surface area contributed by atoms with Gasteiger partial charge in [0.15, 0.2) is 0 Å². The van der Waals surface area contributed by atoms with Gasteiger partial charge in [0.25, 0.3) is 0 Å². The van der Waals surface area contributed by atoms with Crippen molar-refractivity contribution < 1.29 is 4.74 Å². The zero-order valence-corrected chi connectivity index (χ0v) is 14.4. The summed E-state index contributed by atoms with van der Waals surface area (Å²) in [5, 5.41) is 0. The van der Waals surface area contributed by atoms with Crippen LogP contribution in [0.5, 0.6) is 5.75 Å². The Hall–Kier alpha value is -0.950. The Bertz CT molecular complexity index is 647. The molecular weight excluding hydrogens is 398 g/mol. The normalized spacial score (nSPS) is 15.8. The number of ether oxygens (including phenoxy) is 1. The van der Waals surface area contributed by atoms with Gasteiger partial charge in [-0.1, -0.05) is 12.1 Å².